The van der Waals surface area contributed by atoms with Crippen molar-refractivity contribution in [1.29, 1.82) is 0 Å². The molecule has 4 saturated carbocycles. The Balaban J connectivity index is 1.18. The van der Waals surface area contributed by atoms with Gasteiger partial charge in [-0.3, -0.25) is 14.6 Å². The zero-order chi connectivity index (χ0) is 34.2. The van der Waals surface area contributed by atoms with Gasteiger partial charge < -0.3 is 14.2 Å². The highest BCUT2D eigenvalue weighted by atomic mass is 16.5. The molecular weight excluding hydrogens is 608 g/mol. The van der Waals surface area contributed by atoms with Crippen molar-refractivity contribution < 1.29 is 19.0 Å². The Bertz CT molecular complexity index is 1360. The summed E-state index contributed by atoms with van der Waals surface area (Å²) in [5.41, 5.74) is 1.40. The second-order valence-corrected chi connectivity index (χ2v) is 17.7. The van der Waals surface area contributed by atoms with Gasteiger partial charge in [-0.15, -0.1) is 0 Å². The van der Waals surface area contributed by atoms with Crippen molar-refractivity contribution in [3.63, 3.8) is 0 Å². The maximum atomic E-state index is 13.4. The lowest BCUT2D eigenvalue weighted by Crippen LogP contribution is -2.68. The molecule has 0 aromatic heterocycles. The zero-order valence-electron chi connectivity index (χ0n) is 31.4. The van der Waals surface area contributed by atoms with Crippen LogP contribution in [-0.2, 0) is 19.0 Å². The van der Waals surface area contributed by atoms with E-state index in [4.69, 9.17) is 14.2 Å². The van der Waals surface area contributed by atoms with Crippen LogP contribution in [0.5, 0.6) is 0 Å². The first-order valence-corrected chi connectivity index (χ1v) is 20.1. The van der Waals surface area contributed by atoms with Crippen LogP contribution < -0.4 is 0 Å². The standard InChI is InChI=1S/C43H64N2O4/c1-31(2)33-30-43-20-17-36-41(3,18-14-19-42(36,4)40(46)47-5)37(43)29-32(33)38-34(48-27-12-10-25-44-21-6-7-22-44)15-16-35(39(38)43)49-28-13-11-26-45-23-8-9-24-45/h30-32,34-39H,6-9,14-29H2,1-5H3/t32-,34-,35-,36+,37+,38-,39+,41-,42?,43-/m0/s1. The van der Waals surface area contributed by atoms with Gasteiger partial charge in [-0.05, 0) is 144 Å². The number of esters is 1. The predicted molar refractivity (Wildman–Crippen MR) is 194 cm³/mol. The molecule has 8 aliphatic rings. The normalized spacial score (nSPS) is 41.5. The van der Waals surface area contributed by atoms with Gasteiger partial charge in [0.05, 0.1) is 37.8 Å². The maximum Gasteiger partial charge on any atom is 0.311 e. The van der Waals surface area contributed by atoms with E-state index in [9.17, 15) is 4.79 Å². The van der Waals surface area contributed by atoms with Crippen molar-refractivity contribution in [1.82, 2.24) is 9.80 Å². The van der Waals surface area contributed by atoms with Gasteiger partial charge in [-0.1, -0.05) is 62.5 Å². The first kappa shape index (κ1) is 35.6. The minimum atomic E-state index is -0.406. The minimum Gasteiger partial charge on any atom is -0.469 e. The quantitative estimate of drug-likeness (QED) is 0.158. The molecule has 6 heteroatoms. The lowest BCUT2D eigenvalue weighted by molar-refractivity contribution is -0.236. The number of ether oxygens (including phenoxy) is 3. The molecule has 2 bridgehead atoms. The molecule has 270 valence electrons. The van der Waals surface area contributed by atoms with Gasteiger partial charge in [0.25, 0.3) is 0 Å². The Kier molecular flexibility index (Phi) is 10.6. The summed E-state index contributed by atoms with van der Waals surface area (Å²) >= 11 is 0. The number of nitrogens with zero attached hydrogens (tertiary/aromatic N) is 2. The third-order valence-electron chi connectivity index (χ3n) is 15.0. The Morgan fingerprint density at radius 2 is 1.43 bits per heavy atom. The molecule has 8 rings (SSSR count). The molecule has 49 heavy (non-hydrogen) atoms. The monoisotopic (exact) mass is 672 g/mol. The van der Waals surface area contributed by atoms with Crippen LogP contribution in [0.25, 0.3) is 0 Å². The van der Waals surface area contributed by atoms with Crippen LogP contribution in [0.1, 0.15) is 105 Å². The third kappa shape index (κ3) is 6.45. The summed E-state index contributed by atoms with van der Waals surface area (Å²) in [5.74, 6) is 16.4. The topological polar surface area (TPSA) is 51.2 Å². The fraction of sp³-hybridized carbons (Fsp3) is 0.837. The average Bonchev–Trinajstić information content (AvgIpc) is 3.82. The van der Waals surface area contributed by atoms with E-state index in [0.29, 0.717) is 48.7 Å². The number of carbonyl (C=O) groups is 1. The summed E-state index contributed by atoms with van der Waals surface area (Å²) in [6, 6.07) is 0. The summed E-state index contributed by atoms with van der Waals surface area (Å²) in [6.45, 7) is 17.1. The molecule has 6 fully saturated rings. The van der Waals surface area contributed by atoms with E-state index in [-0.39, 0.29) is 29.0 Å². The Labute approximate surface area is 297 Å². The lowest BCUT2D eigenvalue weighted by Gasteiger charge is -2.72. The van der Waals surface area contributed by atoms with E-state index >= 15 is 0 Å². The van der Waals surface area contributed by atoms with Crippen molar-refractivity contribution in [2.24, 2.45) is 51.8 Å². The van der Waals surface area contributed by atoms with Crippen LogP contribution >= 0.6 is 0 Å². The molecular formula is C43H64N2O4. The number of carbonyl (C=O) groups excluding carboxylic acids is 1. The number of allylic oxidation sites excluding steroid dienone is 2. The second-order valence-electron chi connectivity index (χ2n) is 17.7. The third-order valence-corrected chi connectivity index (χ3v) is 15.0. The number of hydrogen-bond donors (Lipinski definition) is 0. The van der Waals surface area contributed by atoms with E-state index in [1.165, 1.54) is 64.7 Å². The number of methoxy groups -OCH3 is 1. The van der Waals surface area contributed by atoms with Crippen molar-refractivity contribution >= 4 is 5.97 Å². The molecule has 6 aliphatic carbocycles. The number of hydrogen-bond acceptors (Lipinski definition) is 6. The predicted octanol–water partition coefficient (Wildman–Crippen LogP) is 6.98. The van der Waals surface area contributed by atoms with Gasteiger partial charge in [0.15, 0.2) is 0 Å². The number of likely N-dealkylation sites (tertiary alicyclic amines) is 2. The van der Waals surface area contributed by atoms with Gasteiger partial charge in [-0.25, -0.2) is 0 Å². The molecule has 6 nitrogen and oxygen atoms in total. The molecule has 2 aliphatic heterocycles. The molecule has 0 N–H and O–H groups in total. The highest BCUT2D eigenvalue weighted by molar-refractivity contribution is 5.77. The Morgan fingerprint density at radius 3 is 2.04 bits per heavy atom. The van der Waals surface area contributed by atoms with Crippen molar-refractivity contribution in [2.45, 2.75) is 117 Å². The SMILES string of the molecule is COC(=O)C1(C)CCC[C@]2(C)[C@H]3C[C@H]4C(C(C)C)=C[C@]3(CC[C@@H]12)[C@H]1[C@@H]4[C@@H](OCC#CCN2CCCC2)CC[C@@H]1OCC#CCN1CCCC1. The first-order valence-electron chi connectivity index (χ1n) is 20.1. The largest absolute Gasteiger partial charge is 0.469 e. The van der Waals surface area contributed by atoms with Crippen LogP contribution in [0.4, 0.5) is 0 Å². The second kappa shape index (κ2) is 14.7. The summed E-state index contributed by atoms with van der Waals surface area (Å²) < 4.78 is 19.3. The van der Waals surface area contributed by atoms with E-state index in [1.807, 2.05) is 0 Å². The summed E-state index contributed by atoms with van der Waals surface area (Å²) in [6.07, 6.45) is 17.1. The number of rotatable bonds is 8. The molecule has 10 atom stereocenters. The fourth-order valence-corrected chi connectivity index (χ4v) is 13.0. The molecule has 0 aromatic rings. The Morgan fingerprint density at radius 1 is 0.816 bits per heavy atom. The first-order chi connectivity index (χ1) is 23.7. The molecule has 1 unspecified atom stereocenters. The molecule has 0 radical (unpaired) electrons. The Hall–Kier alpha value is -1.83. The van der Waals surface area contributed by atoms with Crippen LogP contribution in [-0.4, -0.2) is 87.6 Å². The molecule has 0 amide bonds. The molecule has 1 spiro atoms. The van der Waals surface area contributed by atoms with Crippen LogP contribution in [0.15, 0.2) is 11.6 Å². The van der Waals surface area contributed by atoms with E-state index in [2.05, 4.69) is 67.3 Å². The van der Waals surface area contributed by atoms with Gasteiger partial charge in [0, 0.05) is 5.92 Å². The summed E-state index contributed by atoms with van der Waals surface area (Å²) in [7, 11) is 1.59. The van der Waals surface area contributed by atoms with E-state index < -0.39 is 5.41 Å². The van der Waals surface area contributed by atoms with Crippen molar-refractivity contribution in [3.8, 4) is 23.7 Å². The average molecular weight is 673 g/mol. The van der Waals surface area contributed by atoms with Crippen LogP contribution in [0.3, 0.4) is 0 Å². The highest BCUT2D eigenvalue weighted by Gasteiger charge is 2.71. The zero-order valence-corrected chi connectivity index (χ0v) is 31.4. The van der Waals surface area contributed by atoms with Crippen LogP contribution in [0.2, 0.25) is 0 Å². The maximum absolute atomic E-state index is 13.4. The molecule has 2 heterocycles. The highest BCUT2D eigenvalue weighted by Crippen LogP contribution is 2.75. The van der Waals surface area contributed by atoms with E-state index in [0.717, 1.165) is 51.6 Å². The van der Waals surface area contributed by atoms with Gasteiger partial charge in [0.1, 0.15) is 13.2 Å². The fourth-order valence-electron chi connectivity index (χ4n) is 13.0. The minimum absolute atomic E-state index is 0.00215. The summed E-state index contributed by atoms with van der Waals surface area (Å²) in [4.78, 5) is 18.4. The van der Waals surface area contributed by atoms with E-state index in [1.54, 1.807) is 12.7 Å². The molecule has 2 saturated heterocycles. The lowest BCUT2D eigenvalue weighted by atomic mass is 9.33. The van der Waals surface area contributed by atoms with Gasteiger partial charge >= 0.3 is 5.97 Å². The van der Waals surface area contributed by atoms with Gasteiger partial charge in [0.2, 0.25) is 0 Å². The molecule has 0 aromatic carbocycles. The van der Waals surface area contributed by atoms with Crippen LogP contribution in [0, 0.1) is 75.4 Å². The number of fused-ring (bicyclic) bond motifs is 1. The van der Waals surface area contributed by atoms with Gasteiger partial charge in [-0.2, -0.15) is 0 Å². The van der Waals surface area contributed by atoms with Crippen molar-refractivity contribution in [3.05, 3.63) is 11.6 Å². The van der Waals surface area contributed by atoms with Crippen molar-refractivity contribution in [2.75, 3.05) is 59.6 Å². The smallest absolute Gasteiger partial charge is 0.311 e. The summed E-state index contributed by atoms with van der Waals surface area (Å²) in [5, 5.41) is 0.